The van der Waals surface area contributed by atoms with Gasteiger partial charge in [-0.2, -0.15) is 0 Å². The Labute approximate surface area is 152 Å². The van der Waals surface area contributed by atoms with Crippen LogP contribution in [0.25, 0.3) is 11.0 Å². The highest BCUT2D eigenvalue weighted by atomic mass is 16.1. The first kappa shape index (κ1) is 17.2. The van der Waals surface area contributed by atoms with Crippen LogP contribution >= 0.6 is 0 Å². The summed E-state index contributed by atoms with van der Waals surface area (Å²) in [4.78, 5) is 36.5. The normalized spacial score (nSPS) is 23.9. The predicted molar refractivity (Wildman–Crippen MR) is 100 cm³/mol. The van der Waals surface area contributed by atoms with Crippen molar-refractivity contribution in [2.75, 3.05) is 33.2 Å². The lowest BCUT2D eigenvalue weighted by Crippen LogP contribution is -2.48. The highest BCUT2D eigenvalue weighted by Crippen LogP contribution is 2.21. The van der Waals surface area contributed by atoms with Crippen LogP contribution in [0.5, 0.6) is 0 Å². The number of para-hydroxylation sites is 2. The summed E-state index contributed by atoms with van der Waals surface area (Å²) in [6.45, 7) is 4.17. The Hall–Kier alpha value is -2.25. The molecule has 2 fully saturated rings. The van der Waals surface area contributed by atoms with Crippen LogP contribution in [-0.2, 0) is 11.2 Å². The van der Waals surface area contributed by atoms with Gasteiger partial charge in [0.15, 0.2) is 0 Å². The summed E-state index contributed by atoms with van der Waals surface area (Å²) < 4.78 is 0. The van der Waals surface area contributed by atoms with Crippen molar-refractivity contribution in [1.82, 2.24) is 25.1 Å². The molecule has 26 heavy (non-hydrogen) atoms. The van der Waals surface area contributed by atoms with Gasteiger partial charge < -0.3 is 15.2 Å². The highest BCUT2D eigenvalue weighted by molar-refractivity contribution is 5.77. The summed E-state index contributed by atoms with van der Waals surface area (Å²) in [5.74, 6) is -0.00226. The number of amides is 1. The van der Waals surface area contributed by atoms with Crippen LogP contribution in [0.3, 0.4) is 0 Å². The van der Waals surface area contributed by atoms with Crippen LogP contribution in [0.1, 0.15) is 18.5 Å². The first-order valence-electron chi connectivity index (χ1n) is 9.28. The lowest BCUT2D eigenvalue weighted by atomic mass is 10.1. The van der Waals surface area contributed by atoms with Crippen LogP contribution in [0, 0.1) is 0 Å². The number of hydrogen-bond donors (Lipinski definition) is 2. The van der Waals surface area contributed by atoms with Gasteiger partial charge >= 0.3 is 0 Å². The zero-order chi connectivity index (χ0) is 18.1. The zero-order valence-corrected chi connectivity index (χ0v) is 15.1. The molecular weight excluding hydrogens is 330 g/mol. The van der Waals surface area contributed by atoms with Crippen molar-refractivity contribution in [2.45, 2.75) is 31.3 Å². The molecule has 138 valence electrons. The summed E-state index contributed by atoms with van der Waals surface area (Å²) in [6.07, 6.45) is 1.65. The molecule has 7 heteroatoms. The molecule has 0 aliphatic carbocycles. The molecule has 0 saturated carbocycles. The van der Waals surface area contributed by atoms with Crippen molar-refractivity contribution in [2.24, 2.45) is 0 Å². The molecule has 3 heterocycles. The largest absolute Gasteiger partial charge is 0.352 e. The molecule has 0 radical (unpaired) electrons. The number of aryl methyl sites for hydroxylation is 1. The number of hydrogen-bond acceptors (Lipinski definition) is 5. The number of H-pyrrole nitrogens is 1. The fourth-order valence-electron chi connectivity index (χ4n) is 4.07. The number of nitrogens with one attached hydrogen (secondary N) is 2. The SMILES string of the molecule is CN1CCN2C[C@@H](NC(=O)CCc3nc4ccccc4[nH]c3=O)C[C@H]2C1. The van der Waals surface area contributed by atoms with E-state index in [1.165, 1.54) is 0 Å². The van der Waals surface area contributed by atoms with E-state index >= 15 is 0 Å². The van der Waals surface area contributed by atoms with Crippen molar-refractivity contribution in [1.29, 1.82) is 0 Å². The van der Waals surface area contributed by atoms with Gasteiger partial charge in [-0.1, -0.05) is 12.1 Å². The number of aromatic amines is 1. The predicted octanol–water partition coefficient (Wildman–Crippen LogP) is 0.360. The number of likely N-dealkylation sites (N-methyl/N-ethyl adjacent to an activating group) is 1. The average Bonchev–Trinajstić information content (AvgIpc) is 3.01. The van der Waals surface area contributed by atoms with Crippen molar-refractivity contribution < 1.29 is 4.79 Å². The lowest BCUT2D eigenvalue weighted by molar-refractivity contribution is -0.121. The molecule has 2 aliphatic heterocycles. The van der Waals surface area contributed by atoms with Gasteiger partial charge in [0.25, 0.3) is 5.56 Å². The third-order valence-electron chi connectivity index (χ3n) is 5.44. The van der Waals surface area contributed by atoms with Crippen molar-refractivity contribution in [3.05, 3.63) is 40.3 Å². The van der Waals surface area contributed by atoms with Gasteiger partial charge in [0.2, 0.25) is 5.91 Å². The minimum absolute atomic E-state index is 0.00226. The van der Waals surface area contributed by atoms with Gasteiger partial charge in [-0.25, -0.2) is 4.98 Å². The minimum Gasteiger partial charge on any atom is -0.352 e. The molecule has 2 saturated heterocycles. The monoisotopic (exact) mass is 355 g/mol. The van der Waals surface area contributed by atoms with E-state index in [2.05, 4.69) is 32.1 Å². The second-order valence-corrected chi connectivity index (χ2v) is 7.44. The number of aromatic nitrogens is 2. The molecule has 0 unspecified atom stereocenters. The Morgan fingerprint density at radius 2 is 2.15 bits per heavy atom. The Balaban J connectivity index is 1.33. The van der Waals surface area contributed by atoms with E-state index in [-0.39, 0.29) is 23.9 Å². The molecular formula is C19H25N5O2. The fraction of sp³-hybridized carbons (Fsp3) is 0.526. The Bertz CT molecular complexity index is 864. The van der Waals surface area contributed by atoms with Crippen LogP contribution in [0.2, 0.25) is 0 Å². The van der Waals surface area contributed by atoms with E-state index in [1.54, 1.807) is 0 Å². The highest BCUT2D eigenvalue weighted by Gasteiger charge is 2.35. The topological polar surface area (TPSA) is 81.3 Å². The molecule has 2 aliphatic rings. The standard InChI is InChI=1S/C19H25N5O2/c1-23-8-9-24-11-13(10-14(24)12-23)20-18(25)7-6-17-19(26)22-16-5-3-2-4-15(16)21-17/h2-5,13-14H,6-12H2,1H3,(H,20,25)(H,22,26)/t13-,14-/m0/s1. The van der Waals surface area contributed by atoms with E-state index < -0.39 is 0 Å². The number of piperazine rings is 1. The van der Waals surface area contributed by atoms with E-state index in [0.717, 1.165) is 43.6 Å². The number of carbonyl (C=O) groups excluding carboxylic acids is 1. The van der Waals surface area contributed by atoms with Gasteiger partial charge in [-0.05, 0) is 25.6 Å². The Morgan fingerprint density at radius 3 is 3.04 bits per heavy atom. The average molecular weight is 355 g/mol. The summed E-state index contributed by atoms with van der Waals surface area (Å²) in [7, 11) is 2.15. The number of rotatable bonds is 4. The van der Waals surface area contributed by atoms with E-state index in [9.17, 15) is 9.59 Å². The molecule has 1 aromatic heterocycles. The molecule has 0 bridgehead atoms. The summed E-state index contributed by atoms with van der Waals surface area (Å²) in [5.41, 5.74) is 1.68. The Kier molecular flexibility index (Phi) is 4.74. The number of fused-ring (bicyclic) bond motifs is 2. The molecule has 0 spiro atoms. The molecule has 1 amide bonds. The van der Waals surface area contributed by atoms with Gasteiger partial charge in [-0.15, -0.1) is 0 Å². The third kappa shape index (κ3) is 3.64. The number of nitrogens with zero attached hydrogens (tertiary/aromatic N) is 3. The second kappa shape index (κ2) is 7.17. The van der Waals surface area contributed by atoms with Gasteiger partial charge in [0.1, 0.15) is 5.69 Å². The molecule has 1 aromatic carbocycles. The minimum atomic E-state index is -0.211. The first-order valence-corrected chi connectivity index (χ1v) is 9.28. The molecule has 2 N–H and O–H groups in total. The zero-order valence-electron chi connectivity index (χ0n) is 15.1. The molecule has 2 atom stereocenters. The van der Waals surface area contributed by atoms with Crippen molar-refractivity contribution >= 4 is 16.9 Å². The van der Waals surface area contributed by atoms with E-state index in [4.69, 9.17) is 0 Å². The molecule has 7 nitrogen and oxygen atoms in total. The van der Waals surface area contributed by atoms with Gasteiger partial charge in [0.05, 0.1) is 11.0 Å². The maximum absolute atomic E-state index is 12.3. The summed E-state index contributed by atoms with van der Waals surface area (Å²) in [6, 6.07) is 8.19. The maximum atomic E-state index is 12.3. The van der Waals surface area contributed by atoms with E-state index in [1.807, 2.05) is 24.3 Å². The molecule has 2 aromatic rings. The van der Waals surface area contributed by atoms with Crippen LogP contribution < -0.4 is 10.9 Å². The first-order chi connectivity index (χ1) is 12.6. The van der Waals surface area contributed by atoms with Gasteiger partial charge in [0, 0.05) is 51.1 Å². The summed E-state index contributed by atoms with van der Waals surface area (Å²) >= 11 is 0. The van der Waals surface area contributed by atoms with Crippen molar-refractivity contribution in [3.63, 3.8) is 0 Å². The van der Waals surface area contributed by atoms with E-state index in [0.29, 0.717) is 18.2 Å². The second-order valence-electron chi connectivity index (χ2n) is 7.44. The summed E-state index contributed by atoms with van der Waals surface area (Å²) in [5, 5.41) is 3.14. The third-order valence-corrected chi connectivity index (χ3v) is 5.44. The quantitative estimate of drug-likeness (QED) is 0.828. The molecule has 4 rings (SSSR count). The smallest absolute Gasteiger partial charge is 0.270 e. The number of carbonyl (C=O) groups is 1. The van der Waals surface area contributed by atoms with Gasteiger partial charge in [-0.3, -0.25) is 14.5 Å². The maximum Gasteiger partial charge on any atom is 0.270 e. The Morgan fingerprint density at radius 1 is 1.31 bits per heavy atom. The fourth-order valence-corrected chi connectivity index (χ4v) is 4.07. The van der Waals surface area contributed by atoms with Crippen LogP contribution in [0.15, 0.2) is 29.1 Å². The van der Waals surface area contributed by atoms with Crippen LogP contribution in [-0.4, -0.2) is 71.0 Å². The van der Waals surface area contributed by atoms with Crippen LogP contribution in [0.4, 0.5) is 0 Å². The lowest BCUT2D eigenvalue weighted by Gasteiger charge is -2.34. The van der Waals surface area contributed by atoms with Crippen molar-refractivity contribution in [3.8, 4) is 0 Å². The number of benzene rings is 1.